The van der Waals surface area contributed by atoms with Crippen molar-refractivity contribution in [3.8, 4) is 5.75 Å². The zero-order valence-electron chi connectivity index (χ0n) is 15.7. The van der Waals surface area contributed by atoms with Crippen molar-refractivity contribution in [3.05, 3.63) is 71.9 Å². The monoisotopic (exact) mass is 392 g/mol. The predicted octanol–water partition coefficient (Wildman–Crippen LogP) is 2.92. The molecule has 0 aliphatic rings. The lowest BCUT2D eigenvalue weighted by Gasteiger charge is -2.13. The van der Waals surface area contributed by atoms with Crippen LogP contribution in [0, 0.1) is 0 Å². The smallest absolute Gasteiger partial charge is 0.326 e. The molecule has 0 spiro atoms. The van der Waals surface area contributed by atoms with Crippen LogP contribution in [-0.2, 0) is 20.8 Å². The number of aromatic amines is 1. The van der Waals surface area contributed by atoms with Crippen LogP contribution in [0.4, 0.5) is 0 Å². The average molecular weight is 392 g/mol. The number of rotatable bonds is 7. The van der Waals surface area contributed by atoms with Crippen molar-refractivity contribution in [3.63, 3.8) is 0 Å². The van der Waals surface area contributed by atoms with Crippen LogP contribution in [0.25, 0.3) is 17.0 Å². The van der Waals surface area contributed by atoms with Gasteiger partial charge in [0.1, 0.15) is 11.8 Å². The Hall–Kier alpha value is -3.87. The fourth-order valence-corrected chi connectivity index (χ4v) is 2.97. The van der Waals surface area contributed by atoms with Gasteiger partial charge in [-0.05, 0) is 23.8 Å². The van der Waals surface area contributed by atoms with Gasteiger partial charge in [0, 0.05) is 42.1 Å². The van der Waals surface area contributed by atoms with E-state index >= 15 is 0 Å². The lowest BCUT2D eigenvalue weighted by atomic mass is 10.0. The van der Waals surface area contributed by atoms with Crippen molar-refractivity contribution in [2.75, 3.05) is 0 Å². The second kappa shape index (κ2) is 8.88. The average Bonchev–Trinajstić information content (AvgIpc) is 3.09. The van der Waals surface area contributed by atoms with Gasteiger partial charge in [-0.25, -0.2) is 4.79 Å². The van der Waals surface area contributed by atoms with Crippen LogP contribution in [0.2, 0.25) is 0 Å². The van der Waals surface area contributed by atoms with E-state index in [0.29, 0.717) is 11.3 Å². The minimum Gasteiger partial charge on any atom is -0.480 e. The van der Waals surface area contributed by atoms with Crippen LogP contribution in [0.1, 0.15) is 18.1 Å². The van der Waals surface area contributed by atoms with E-state index in [4.69, 9.17) is 4.74 Å². The highest BCUT2D eigenvalue weighted by molar-refractivity contribution is 5.95. The zero-order valence-corrected chi connectivity index (χ0v) is 15.7. The number of carboxylic acids is 1. The molecule has 2 aromatic carbocycles. The van der Waals surface area contributed by atoms with Gasteiger partial charge in [0.15, 0.2) is 0 Å². The molecule has 0 saturated carbocycles. The second-order valence-electron chi connectivity index (χ2n) is 6.43. The number of fused-ring (bicyclic) bond motifs is 1. The number of carboxylic acid groups (broad SMARTS) is 1. The van der Waals surface area contributed by atoms with E-state index in [9.17, 15) is 19.5 Å². The third-order valence-corrected chi connectivity index (χ3v) is 4.30. The number of para-hydroxylation sites is 2. The third-order valence-electron chi connectivity index (χ3n) is 4.30. The van der Waals surface area contributed by atoms with E-state index in [-0.39, 0.29) is 6.42 Å². The summed E-state index contributed by atoms with van der Waals surface area (Å²) in [7, 11) is 0. The molecule has 3 aromatic rings. The van der Waals surface area contributed by atoms with E-state index in [0.717, 1.165) is 16.5 Å². The van der Waals surface area contributed by atoms with E-state index in [1.54, 1.807) is 30.5 Å². The van der Waals surface area contributed by atoms with Gasteiger partial charge in [0.2, 0.25) is 5.91 Å². The number of aromatic nitrogens is 1. The quantitative estimate of drug-likeness (QED) is 0.325. The molecule has 29 heavy (non-hydrogen) atoms. The van der Waals surface area contributed by atoms with Crippen LogP contribution >= 0.6 is 0 Å². The van der Waals surface area contributed by atoms with Gasteiger partial charge in [-0.1, -0.05) is 36.4 Å². The normalized spacial score (nSPS) is 12.0. The molecule has 0 saturated heterocycles. The summed E-state index contributed by atoms with van der Waals surface area (Å²) in [5.74, 6) is -1.84. The van der Waals surface area contributed by atoms with Crippen LogP contribution in [0.15, 0.2) is 60.8 Å². The van der Waals surface area contributed by atoms with Gasteiger partial charge in [-0.3, -0.25) is 9.59 Å². The number of ether oxygens (including phenoxy) is 1. The molecule has 1 aromatic heterocycles. The highest BCUT2D eigenvalue weighted by atomic mass is 16.5. The van der Waals surface area contributed by atoms with E-state index in [2.05, 4.69) is 10.3 Å². The van der Waals surface area contributed by atoms with E-state index in [1.165, 1.54) is 19.1 Å². The number of carbonyl (C=O) groups excluding carboxylic acids is 2. The Morgan fingerprint density at radius 3 is 2.62 bits per heavy atom. The first-order valence-electron chi connectivity index (χ1n) is 8.98. The number of nitrogens with one attached hydrogen (secondary N) is 2. The number of esters is 1. The van der Waals surface area contributed by atoms with Crippen molar-refractivity contribution in [1.29, 1.82) is 0 Å². The number of hydrogen-bond donors (Lipinski definition) is 3. The molecule has 148 valence electrons. The minimum atomic E-state index is -1.13. The van der Waals surface area contributed by atoms with Gasteiger partial charge < -0.3 is 20.1 Å². The molecule has 0 aliphatic heterocycles. The largest absolute Gasteiger partial charge is 0.480 e. The molecule has 0 unspecified atom stereocenters. The third kappa shape index (κ3) is 5.10. The maximum atomic E-state index is 12.3. The fraction of sp³-hybridized carbons (Fsp3) is 0.136. The lowest BCUT2D eigenvalue weighted by Crippen LogP contribution is -2.41. The highest BCUT2D eigenvalue weighted by Gasteiger charge is 2.21. The van der Waals surface area contributed by atoms with Crippen molar-refractivity contribution in [2.45, 2.75) is 19.4 Å². The number of H-pyrrole nitrogens is 1. The number of carbonyl (C=O) groups is 3. The maximum Gasteiger partial charge on any atom is 0.326 e. The molecule has 0 bridgehead atoms. The molecule has 3 rings (SSSR count). The summed E-state index contributed by atoms with van der Waals surface area (Å²) in [4.78, 5) is 38.2. The second-order valence-corrected chi connectivity index (χ2v) is 6.43. The Bertz CT molecular complexity index is 1080. The Labute approximate surface area is 167 Å². The van der Waals surface area contributed by atoms with E-state index in [1.807, 2.05) is 24.3 Å². The summed E-state index contributed by atoms with van der Waals surface area (Å²) in [5, 5.41) is 12.9. The molecule has 7 heteroatoms. The number of aliphatic carboxylic acids is 1. The summed E-state index contributed by atoms with van der Waals surface area (Å²) < 4.78 is 5.09. The van der Waals surface area contributed by atoms with Crippen molar-refractivity contribution in [1.82, 2.24) is 10.3 Å². The molecule has 0 fully saturated rings. The summed E-state index contributed by atoms with van der Waals surface area (Å²) in [5.41, 5.74) is 2.23. The van der Waals surface area contributed by atoms with Crippen LogP contribution in [-0.4, -0.2) is 34.0 Å². The standard InChI is InChI=1S/C22H20N2O5/c1-14(25)29-20-9-5-2-6-15(20)10-11-21(26)24-19(22(27)28)12-16-13-23-18-8-4-3-7-17(16)18/h2-11,13,19,23H,12H2,1H3,(H,24,26)(H,27,28)/b11-10+/t19-/m0/s1. The van der Waals surface area contributed by atoms with Gasteiger partial charge in [0.25, 0.3) is 0 Å². The Balaban J connectivity index is 1.71. The van der Waals surface area contributed by atoms with Crippen LogP contribution < -0.4 is 10.1 Å². The molecule has 0 aliphatic carbocycles. The topological polar surface area (TPSA) is 108 Å². The van der Waals surface area contributed by atoms with Crippen molar-refractivity contribution < 1.29 is 24.2 Å². The van der Waals surface area contributed by atoms with Crippen LogP contribution in [0.5, 0.6) is 5.75 Å². The first-order chi connectivity index (χ1) is 13.9. The predicted molar refractivity (Wildman–Crippen MR) is 108 cm³/mol. The van der Waals surface area contributed by atoms with Crippen LogP contribution in [0.3, 0.4) is 0 Å². The maximum absolute atomic E-state index is 12.3. The first kappa shape index (κ1) is 19.9. The number of hydrogen-bond acceptors (Lipinski definition) is 4. The lowest BCUT2D eigenvalue weighted by molar-refractivity contribution is -0.141. The number of amides is 1. The number of benzene rings is 2. The molecule has 1 amide bonds. The Morgan fingerprint density at radius 1 is 1.14 bits per heavy atom. The summed E-state index contributed by atoms with van der Waals surface area (Å²) >= 11 is 0. The fourth-order valence-electron chi connectivity index (χ4n) is 2.97. The molecular weight excluding hydrogens is 372 g/mol. The highest BCUT2D eigenvalue weighted by Crippen LogP contribution is 2.20. The minimum absolute atomic E-state index is 0.142. The summed E-state index contributed by atoms with van der Waals surface area (Å²) in [6, 6.07) is 13.2. The first-order valence-corrected chi connectivity index (χ1v) is 8.98. The van der Waals surface area contributed by atoms with Crippen molar-refractivity contribution in [2.24, 2.45) is 0 Å². The van der Waals surface area contributed by atoms with E-state index < -0.39 is 23.9 Å². The molecule has 1 heterocycles. The Morgan fingerprint density at radius 2 is 1.86 bits per heavy atom. The Kier molecular flexibility index (Phi) is 6.09. The zero-order chi connectivity index (χ0) is 20.8. The molecular formula is C22H20N2O5. The molecule has 3 N–H and O–H groups in total. The van der Waals surface area contributed by atoms with Gasteiger partial charge in [-0.2, -0.15) is 0 Å². The molecule has 1 atom stereocenters. The molecule has 7 nitrogen and oxygen atoms in total. The van der Waals surface area contributed by atoms with Gasteiger partial charge >= 0.3 is 11.9 Å². The molecule has 0 radical (unpaired) electrons. The SMILES string of the molecule is CC(=O)Oc1ccccc1/C=C/C(=O)N[C@@H](Cc1c[nH]c2ccccc12)C(=O)O. The summed E-state index contributed by atoms with van der Waals surface area (Å²) in [6.07, 6.45) is 4.58. The van der Waals surface area contributed by atoms with Gasteiger partial charge in [-0.15, -0.1) is 0 Å². The summed E-state index contributed by atoms with van der Waals surface area (Å²) in [6.45, 7) is 1.29. The van der Waals surface area contributed by atoms with Gasteiger partial charge in [0.05, 0.1) is 0 Å². The van der Waals surface area contributed by atoms with Crippen molar-refractivity contribution >= 4 is 34.8 Å².